The van der Waals surface area contributed by atoms with Gasteiger partial charge in [-0.3, -0.25) is 4.79 Å². The highest BCUT2D eigenvalue weighted by molar-refractivity contribution is 6.31. The highest BCUT2D eigenvalue weighted by Gasteiger charge is 2.20. The fraction of sp³-hybridized carbons (Fsp3) is 0.381. The lowest BCUT2D eigenvalue weighted by Gasteiger charge is -2.22. The Morgan fingerprint density at radius 1 is 1.15 bits per heavy atom. The Morgan fingerprint density at radius 2 is 1.88 bits per heavy atom. The van der Waals surface area contributed by atoms with Crippen molar-refractivity contribution in [1.82, 2.24) is 5.32 Å². The van der Waals surface area contributed by atoms with Crippen molar-refractivity contribution in [1.29, 1.82) is 0 Å². The van der Waals surface area contributed by atoms with Crippen molar-refractivity contribution in [3.8, 4) is 11.5 Å². The zero-order chi connectivity index (χ0) is 19.3. The van der Waals surface area contributed by atoms with E-state index in [9.17, 15) is 4.79 Å². The van der Waals surface area contributed by atoms with Crippen LogP contribution in [0.1, 0.15) is 43.0 Å². The molecule has 2 aromatic carbocycles. The number of aryl methyl sites for hydroxylation is 2. The highest BCUT2D eigenvalue weighted by Crippen LogP contribution is 2.25. The van der Waals surface area contributed by atoms with Gasteiger partial charge < -0.3 is 14.8 Å². The number of benzene rings is 2. The first-order valence-electron chi connectivity index (χ1n) is 8.73. The number of carbonyl (C=O) groups is 1. The third-order valence-corrected chi connectivity index (χ3v) is 4.78. The lowest BCUT2D eigenvalue weighted by Crippen LogP contribution is -2.38. The number of hydrogen-bond acceptors (Lipinski definition) is 3. The predicted octanol–water partition coefficient (Wildman–Crippen LogP) is 5.00. The van der Waals surface area contributed by atoms with E-state index >= 15 is 0 Å². The summed E-state index contributed by atoms with van der Waals surface area (Å²) in [5.74, 6) is 1.31. The second-order valence-electron chi connectivity index (χ2n) is 6.37. The molecule has 0 spiro atoms. The summed E-state index contributed by atoms with van der Waals surface area (Å²) >= 11 is 6.03. The van der Waals surface area contributed by atoms with Gasteiger partial charge in [-0.2, -0.15) is 0 Å². The Bertz CT molecular complexity index is 776. The van der Waals surface area contributed by atoms with Gasteiger partial charge in [0.25, 0.3) is 5.91 Å². The molecule has 5 heteroatoms. The Hall–Kier alpha value is -2.20. The van der Waals surface area contributed by atoms with Crippen molar-refractivity contribution in [2.24, 2.45) is 0 Å². The SMILES string of the molecule is CCC(NC(=O)C(C)Oc1ccc(Cl)c(C)c1)c1ccc(OC)c(C)c1. The monoisotopic (exact) mass is 375 g/mol. The van der Waals surface area contributed by atoms with Crippen molar-refractivity contribution < 1.29 is 14.3 Å². The molecule has 26 heavy (non-hydrogen) atoms. The zero-order valence-corrected chi connectivity index (χ0v) is 16.7. The molecule has 1 amide bonds. The molecule has 0 aliphatic carbocycles. The molecule has 0 fully saturated rings. The van der Waals surface area contributed by atoms with E-state index in [1.165, 1.54) is 0 Å². The summed E-state index contributed by atoms with van der Waals surface area (Å²) in [6, 6.07) is 11.2. The Balaban J connectivity index is 2.05. The maximum atomic E-state index is 12.6. The fourth-order valence-electron chi connectivity index (χ4n) is 2.78. The van der Waals surface area contributed by atoms with Crippen molar-refractivity contribution in [3.63, 3.8) is 0 Å². The highest BCUT2D eigenvalue weighted by atomic mass is 35.5. The van der Waals surface area contributed by atoms with Crippen LogP contribution < -0.4 is 14.8 Å². The fourth-order valence-corrected chi connectivity index (χ4v) is 2.89. The molecule has 4 nitrogen and oxygen atoms in total. The van der Waals surface area contributed by atoms with E-state index in [0.29, 0.717) is 10.8 Å². The van der Waals surface area contributed by atoms with Gasteiger partial charge in [0, 0.05) is 5.02 Å². The van der Waals surface area contributed by atoms with E-state index in [2.05, 4.69) is 5.32 Å². The van der Waals surface area contributed by atoms with Crippen LogP contribution in [0.4, 0.5) is 0 Å². The molecule has 0 saturated heterocycles. The summed E-state index contributed by atoms with van der Waals surface area (Å²) in [5.41, 5.74) is 3.00. The summed E-state index contributed by atoms with van der Waals surface area (Å²) in [6.45, 7) is 7.67. The van der Waals surface area contributed by atoms with Crippen molar-refractivity contribution in [3.05, 3.63) is 58.1 Å². The molecule has 0 saturated carbocycles. The zero-order valence-electron chi connectivity index (χ0n) is 15.9. The summed E-state index contributed by atoms with van der Waals surface area (Å²) in [6.07, 6.45) is 0.175. The molecule has 0 aliphatic heterocycles. The second kappa shape index (κ2) is 8.95. The average molecular weight is 376 g/mol. The molecular formula is C21H26ClNO3. The number of halogens is 1. The quantitative estimate of drug-likeness (QED) is 0.740. The summed E-state index contributed by atoms with van der Waals surface area (Å²) in [5, 5.41) is 3.74. The first-order chi connectivity index (χ1) is 12.3. The molecule has 1 N–H and O–H groups in total. The van der Waals surface area contributed by atoms with Crippen LogP contribution >= 0.6 is 11.6 Å². The first-order valence-corrected chi connectivity index (χ1v) is 9.11. The number of nitrogens with one attached hydrogen (secondary N) is 1. The topological polar surface area (TPSA) is 47.6 Å². The molecule has 0 bridgehead atoms. The lowest BCUT2D eigenvalue weighted by atomic mass is 10.0. The minimum absolute atomic E-state index is 0.0786. The number of carbonyl (C=O) groups excluding carboxylic acids is 1. The predicted molar refractivity (Wildman–Crippen MR) is 105 cm³/mol. The smallest absolute Gasteiger partial charge is 0.261 e. The molecule has 140 valence electrons. The Kier molecular flexibility index (Phi) is 6.92. The van der Waals surface area contributed by atoms with Crippen LogP contribution in [0, 0.1) is 13.8 Å². The average Bonchev–Trinajstić information content (AvgIpc) is 2.62. The van der Waals surface area contributed by atoms with E-state index < -0.39 is 6.10 Å². The number of rotatable bonds is 7. The normalized spacial score (nSPS) is 13.0. The van der Waals surface area contributed by atoms with Gasteiger partial charge in [0.2, 0.25) is 0 Å². The van der Waals surface area contributed by atoms with Crippen molar-refractivity contribution >= 4 is 17.5 Å². The van der Waals surface area contributed by atoms with Crippen LogP contribution in [0.2, 0.25) is 5.02 Å². The van der Waals surface area contributed by atoms with Crippen LogP contribution in [0.5, 0.6) is 11.5 Å². The van der Waals surface area contributed by atoms with Gasteiger partial charge >= 0.3 is 0 Å². The van der Waals surface area contributed by atoms with Gasteiger partial charge in [-0.05, 0) is 68.1 Å². The Morgan fingerprint density at radius 3 is 2.46 bits per heavy atom. The first kappa shape index (κ1) is 20.1. The summed E-state index contributed by atoms with van der Waals surface area (Å²) < 4.78 is 11.1. The van der Waals surface area contributed by atoms with Crippen molar-refractivity contribution in [2.45, 2.75) is 46.3 Å². The number of methoxy groups -OCH3 is 1. The van der Waals surface area contributed by atoms with E-state index in [-0.39, 0.29) is 11.9 Å². The minimum atomic E-state index is -0.607. The van der Waals surface area contributed by atoms with Crippen LogP contribution in [-0.4, -0.2) is 19.1 Å². The van der Waals surface area contributed by atoms with Gasteiger partial charge in [-0.25, -0.2) is 0 Å². The molecule has 2 rings (SSSR count). The molecule has 0 radical (unpaired) electrons. The van der Waals surface area contributed by atoms with Gasteiger partial charge in [-0.1, -0.05) is 30.7 Å². The van der Waals surface area contributed by atoms with E-state index in [1.807, 2.05) is 45.0 Å². The molecule has 0 heterocycles. The molecular weight excluding hydrogens is 350 g/mol. The maximum absolute atomic E-state index is 12.6. The van der Waals surface area contributed by atoms with Gasteiger partial charge in [0.05, 0.1) is 13.2 Å². The standard InChI is InChI=1S/C21H26ClNO3/c1-6-19(16-7-10-20(25-5)14(3)11-16)23-21(24)15(4)26-17-8-9-18(22)13(2)12-17/h7-12,15,19H,6H2,1-5H3,(H,23,24). The molecule has 2 unspecified atom stereocenters. The van der Waals surface area contributed by atoms with Gasteiger partial charge in [0.1, 0.15) is 11.5 Å². The van der Waals surface area contributed by atoms with E-state index in [1.54, 1.807) is 26.2 Å². The second-order valence-corrected chi connectivity index (χ2v) is 6.78. The van der Waals surface area contributed by atoms with Crippen LogP contribution in [0.3, 0.4) is 0 Å². The van der Waals surface area contributed by atoms with Gasteiger partial charge in [0.15, 0.2) is 6.10 Å². The lowest BCUT2D eigenvalue weighted by molar-refractivity contribution is -0.128. The largest absolute Gasteiger partial charge is 0.496 e. The number of ether oxygens (including phenoxy) is 2. The van der Waals surface area contributed by atoms with Crippen LogP contribution in [0.25, 0.3) is 0 Å². The van der Waals surface area contributed by atoms with E-state index in [4.69, 9.17) is 21.1 Å². The van der Waals surface area contributed by atoms with Gasteiger partial charge in [-0.15, -0.1) is 0 Å². The van der Waals surface area contributed by atoms with Crippen molar-refractivity contribution in [2.75, 3.05) is 7.11 Å². The molecule has 0 aromatic heterocycles. The van der Waals surface area contributed by atoms with E-state index in [0.717, 1.165) is 28.9 Å². The van der Waals surface area contributed by atoms with Crippen LogP contribution in [0.15, 0.2) is 36.4 Å². The minimum Gasteiger partial charge on any atom is -0.496 e. The summed E-state index contributed by atoms with van der Waals surface area (Å²) in [4.78, 5) is 12.6. The number of hydrogen-bond donors (Lipinski definition) is 1. The Labute approximate surface area is 160 Å². The maximum Gasteiger partial charge on any atom is 0.261 e. The molecule has 2 atom stereocenters. The third-order valence-electron chi connectivity index (χ3n) is 4.36. The summed E-state index contributed by atoms with van der Waals surface area (Å²) in [7, 11) is 1.65. The molecule has 0 aliphatic rings. The number of amides is 1. The molecule has 2 aromatic rings. The van der Waals surface area contributed by atoms with Crippen LogP contribution in [-0.2, 0) is 4.79 Å². The third kappa shape index (κ3) is 4.92.